The highest BCUT2D eigenvalue weighted by Crippen LogP contribution is 2.44. The van der Waals surface area contributed by atoms with Crippen LogP contribution in [0.2, 0.25) is 0 Å². The lowest BCUT2D eigenvalue weighted by Crippen LogP contribution is -2.39. The van der Waals surface area contributed by atoms with Crippen LogP contribution in [0.25, 0.3) is 10.8 Å². The Bertz CT molecular complexity index is 1270. The van der Waals surface area contributed by atoms with E-state index < -0.39 is 28.1 Å². The summed E-state index contributed by atoms with van der Waals surface area (Å²) in [5.74, 6) is -0.481. The van der Waals surface area contributed by atoms with E-state index in [1.807, 2.05) is 56.3 Å². The van der Waals surface area contributed by atoms with E-state index in [1.54, 1.807) is 37.3 Å². The first kappa shape index (κ1) is 22.2. The van der Waals surface area contributed by atoms with E-state index in [4.69, 9.17) is 4.74 Å². The Hall–Kier alpha value is -2.96. The van der Waals surface area contributed by atoms with Crippen molar-refractivity contribution >= 4 is 26.8 Å². The van der Waals surface area contributed by atoms with E-state index in [9.17, 15) is 13.2 Å². The Labute approximate surface area is 189 Å². The second-order valence-corrected chi connectivity index (χ2v) is 9.78. The molecular formula is C26H27NO4S. The molecule has 1 heterocycles. The molecule has 32 heavy (non-hydrogen) atoms. The lowest BCUT2D eigenvalue weighted by Gasteiger charge is -2.31. The van der Waals surface area contributed by atoms with E-state index in [2.05, 4.69) is 0 Å². The smallest absolute Gasteiger partial charge is 0.335 e. The molecule has 0 bridgehead atoms. The molecule has 5 nitrogen and oxygen atoms in total. The van der Waals surface area contributed by atoms with E-state index in [-0.39, 0.29) is 11.5 Å². The van der Waals surface area contributed by atoms with Gasteiger partial charge >= 0.3 is 5.97 Å². The van der Waals surface area contributed by atoms with Crippen molar-refractivity contribution in [2.45, 2.75) is 44.2 Å². The van der Waals surface area contributed by atoms with Gasteiger partial charge in [-0.2, -0.15) is 4.31 Å². The number of hydrogen-bond donors (Lipinski definition) is 0. The first-order valence-electron chi connectivity index (χ1n) is 10.8. The number of fused-ring (bicyclic) bond motifs is 1. The first-order chi connectivity index (χ1) is 15.4. The molecular weight excluding hydrogens is 422 g/mol. The summed E-state index contributed by atoms with van der Waals surface area (Å²) in [6, 6.07) is 19.2. The summed E-state index contributed by atoms with van der Waals surface area (Å²) in [5, 5.41) is 1.90. The van der Waals surface area contributed by atoms with Gasteiger partial charge in [-0.25, -0.2) is 13.2 Å². The molecule has 0 saturated carbocycles. The minimum Gasteiger partial charge on any atom is -0.463 e. The largest absolute Gasteiger partial charge is 0.463 e. The van der Waals surface area contributed by atoms with Crippen LogP contribution in [0.3, 0.4) is 0 Å². The molecule has 3 aromatic carbocycles. The molecule has 4 rings (SSSR count). The summed E-state index contributed by atoms with van der Waals surface area (Å²) in [4.78, 5) is 13.2. The van der Waals surface area contributed by atoms with Gasteiger partial charge in [-0.15, -0.1) is 0 Å². The third-order valence-corrected chi connectivity index (χ3v) is 7.80. The third kappa shape index (κ3) is 3.85. The highest BCUT2D eigenvalue weighted by Gasteiger charge is 2.46. The van der Waals surface area contributed by atoms with Crippen LogP contribution in [0.5, 0.6) is 0 Å². The molecule has 2 atom stereocenters. The Morgan fingerprint density at radius 1 is 0.969 bits per heavy atom. The molecule has 166 valence electrons. The van der Waals surface area contributed by atoms with E-state index in [1.165, 1.54) is 4.31 Å². The molecule has 0 N–H and O–H groups in total. The monoisotopic (exact) mass is 449 g/mol. The fraction of sp³-hybridized carbons (Fsp3) is 0.269. The number of nitrogens with zero attached hydrogens (tertiary/aromatic N) is 1. The van der Waals surface area contributed by atoms with Gasteiger partial charge in [0.1, 0.15) is 0 Å². The summed E-state index contributed by atoms with van der Waals surface area (Å²) in [6.07, 6.45) is 2.30. The number of carbonyl (C=O) groups excluding carboxylic acids is 1. The maximum absolute atomic E-state index is 13.9. The predicted molar refractivity (Wildman–Crippen MR) is 126 cm³/mol. The molecule has 1 aliphatic heterocycles. The first-order valence-corrected chi connectivity index (χ1v) is 12.3. The van der Waals surface area contributed by atoms with E-state index in [0.29, 0.717) is 12.0 Å². The number of carbonyl (C=O) groups is 1. The van der Waals surface area contributed by atoms with Gasteiger partial charge in [0.05, 0.1) is 23.1 Å². The summed E-state index contributed by atoms with van der Waals surface area (Å²) in [7, 11) is -3.89. The third-order valence-electron chi connectivity index (χ3n) is 5.89. The quantitative estimate of drug-likeness (QED) is 0.488. The topological polar surface area (TPSA) is 63.7 Å². The number of benzene rings is 3. The van der Waals surface area contributed by atoms with Gasteiger partial charge in [0.15, 0.2) is 0 Å². The predicted octanol–water partition coefficient (Wildman–Crippen LogP) is 5.16. The molecule has 3 aromatic rings. The van der Waals surface area contributed by atoms with Crippen molar-refractivity contribution in [2.75, 3.05) is 6.61 Å². The molecule has 1 aliphatic rings. The number of aryl methyl sites for hydroxylation is 1. The van der Waals surface area contributed by atoms with Gasteiger partial charge in [-0.05, 0) is 48.7 Å². The fourth-order valence-electron chi connectivity index (χ4n) is 4.33. The molecule has 0 fully saturated rings. The Kier molecular flexibility index (Phi) is 6.17. The van der Waals surface area contributed by atoms with Crippen molar-refractivity contribution in [3.63, 3.8) is 0 Å². The molecule has 0 aromatic heterocycles. The SMILES string of the molecule is CCOC(=O)C1=C[C@H](CC)N(S(=O)(=O)c2ccc(C)cc2)[C@@H]1c1cccc2ccccc12. The van der Waals surface area contributed by atoms with Crippen LogP contribution >= 0.6 is 0 Å². The fourth-order valence-corrected chi connectivity index (χ4v) is 6.13. The van der Waals surface area contributed by atoms with Gasteiger partial charge in [-0.3, -0.25) is 0 Å². The minimum absolute atomic E-state index is 0.213. The van der Waals surface area contributed by atoms with Gasteiger partial charge in [0.25, 0.3) is 0 Å². The molecule has 0 spiro atoms. The van der Waals surface area contributed by atoms with Crippen molar-refractivity contribution in [3.8, 4) is 0 Å². The summed E-state index contributed by atoms with van der Waals surface area (Å²) < 4.78 is 34.6. The zero-order valence-electron chi connectivity index (χ0n) is 18.5. The standard InChI is InChI=1S/C26H27NO4S/c1-4-20-17-24(26(28)31-5-2)25(23-12-8-10-19-9-6-7-11-22(19)23)27(20)32(29,30)21-15-13-18(3)14-16-21/h6-17,20,25H,4-5H2,1-3H3/t20-,25+/m0/s1. The van der Waals surface area contributed by atoms with Gasteiger partial charge in [0.2, 0.25) is 10.0 Å². The normalized spacial score (nSPS) is 19.2. The van der Waals surface area contributed by atoms with Crippen molar-refractivity contribution in [2.24, 2.45) is 0 Å². The van der Waals surface area contributed by atoms with Crippen molar-refractivity contribution in [1.82, 2.24) is 4.31 Å². The second-order valence-electron chi connectivity index (χ2n) is 7.94. The lowest BCUT2D eigenvalue weighted by molar-refractivity contribution is -0.138. The summed E-state index contributed by atoms with van der Waals surface area (Å²) in [6.45, 7) is 5.81. The average molecular weight is 450 g/mol. The molecule has 6 heteroatoms. The minimum atomic E-state index is -3.89. The van der Waals surface area contributed by atoms with E-state index in [0.717, 1.165) is 21.9 Å². The Morgan fingerprint density at radius 3 is 2.34 bits per heavy atom. The van der Waals surface area contributed by atoms with Gasteiger partial charge in [0, 0.05) is 6.04 Å². The van der Waals surface area contributed by atoms with Crippen LogP contribution in [0.15, 0.2) is 83.3 Å². The van der Waals surface area contributed by atoms with Crippen LogP contribution in [0.4, 0.5) is 0 Å². The zero-order chi connectivity index (χ0) is 22.9. The molecule has 0 aliphatic carbocycles. The Balaban J connectivity index is 1.94. The van der Waals surface area contributed by atoms with Crippen LogP contribution in [-0.2, 0) is 19.6 Å². The number of sulfonamides is 1. The zero-order valence-corrected chi connectivity index (χ0v) is 19.3. The van der Waals surface area contributed by atoms with Crippen LogP contribution < -0.4 is 0 Å². The van der Waals surface area contributed by atoms with Crippen molar-refractivity contribution in [1.29, 1.82) is 0 Å². The van der Waals surface area contributed by atoms with Gasteiger partial charge < -0.3 is 4.74 Å². The number of esters is 1. The lowest BCUT2D eigenvalue weighted by atomic mass is 9.95. The number of ether oxygens (including phenoxy) is 1. The van der Waals surface area contributed by atoms with Crippen LogP contribution in [0, 0.1) is 6.92 Å². The molecule has 0 saturated heterocycles. The number of rotatable bonds is 6. The van der Waals surface area contributed by atoms with E-state index >= 15 is 0 Å². The van der Waals surface area contributed by atoms with Crippen LogP contribution in [-0.4, -0.2) is 31.3 Å². The maximum Gasteiger partial charge on any atom is 0.335 e. The van der Waals surface area contributed by atoms with Crippen LogP contribution in [0.1, 0.15) is 37.4 Å². The highest BCUT2D eigenvalue weighted by molar-refractivity contribution is 7.89. The van der Waals surface area contributed by atoms with Crippen molar-refractivity contribution in [3.05, 3.63) is 89.5 Å². The van der Waals surface area contributed by atoms with Crippen molar-refractivity contribution < 1.29 is 17.9 Å². The second kappa shape index (κ2) is 8.88. The molecule has 0 radical (unpaired) electrons. The summed E-state index contributed by atoms with van der Waals surface area (Å²) in [5.41, 5.74) is 2.12. The highest BCUT2D eigenvalue weighted by atomic mass is 32.2. The Morgan fingerprint density at radius 2 is 1.66 bits per heavy atom. The number of hydrogen-bond acceptors (Lipinski definition) is 4. The van der Waals surface area contributed by atoms with Gasteiger partial charge in [-0.1, -0.05) is 73.2 Å². The molecule has 0 unspecified atom stereocenters. The summed E-state index contributed by atoms with van der Waals surface area (Å²) >= 11 is 0. The maximum atomic E-state index is 13.9. The average Bonchev–Trinajstić information content (AvgIpc) is 3.20. The molecule has 0 amide bonds.